The van der Waals surface area contributed by atoms with Crippen molar-refractivity contribution < 1.29 is 0 Å². The van der Waals surface area contributed by atoms with Crippen molar-refractivity contribution >= 4 is 5.65 Å². The zero-order chi connectivity index (χ0) is 10.3. The smallest absolute Gasteiger partial charge is 0.155 e. The Hall–Kier alpha value is -1.42. The Bertz CT molecular complexity index is 484. The van der Waals surface area contributed by atoms with Gasteiger partial charge in [0.15, 0.2) is 11.5 Å². The van der Waals surface area contributed by atoms with Gasteiger partial charge in [0, 0.05) is 12.1 Å². The third kappa shape index (κ3) is 1.61. The summed E-state index contributed by atoms with van der Waals surface area (Å²) < 4.78 is 1.87. The van der Waals surface area contributed by atoms with Gasteiger partial charge in [-0.2, -0.15) is 5.10 Å². The first kappa shape index (κ1) is 8.85. The number of rotatable bonds is 3. The molecule has 0 spiro atoms. The van der Waals surface area contributed by atoms with Crippen molar-refractivity contribution in [3.63, 3.8) is 0 Å². The second kappa shape index (κ2) is 3.31. The molecular formula is C11H14N4. The fourth-order valence-electron chi connectivity index (χ4n) is 1.77. The van der Waals surface area contributed by atoms with E-state index in [0.29, 0.717) is 12.5 Å². The Kier molecular flexibility index (Phi) is 1.95. The Morgan fingerprint density at radius 3 is 3.00 bits per heavy atom. The molecule has 3 rings (SSSR count). The van der Waals surface area contributed by atoms with Gasteiger partial charge in [-0.15, -0.1) is 0 Å². The summed E-state index contributed by atoms with van der Waals surface area (Å²) in [4.78, 5) is 4.50. The molecule has 1 aliphatic carbocycles. The minimum Gasteiger partial charge on any atom is -0.330 e. The summed E-state index contributed by atoms with van der Waals surface area (Å²) in [6.45, 7) is 0.676. The van der Waals surface area contributed by atoms with Crippen molar-refractivity contribution in [1.29, 1.82) is 0 Å². The first-order chi connectivity index (χ1) is 7.36. The second-order valence-corrected chi connectivity index (χ2v) is 4.12. The molecule has 2 N–H and O–H groups in total. The normalized spacial score (nSPS) is 16.1. The van der Waals surface area contributed by atoms with Crippen LogP contribution in [0.4, 0.5) is 0 Å². The van der Waals surface area contributed by atoms with Crippen LogP contribution in [0.1, 0.15) is 30.1 Å². The number of hydrogen-bond acceptors (Lipinski definition) is 3. The maximum atomic E-state index is 5.52. The number of pyridine rings is 1. The monoisotopic (exact) mass is 202 g/mol. The van der Waals surface area contributed by atoms with Gasteiger partial charge in [-0.1, -0.05) is 6.07 Å². The maximum absolute atomic E-state index is 5.52. The van der Waals surface area contributed by atoms with Crippen LogP contribution in [0.5, 0.6) is 0 Å². The van der Waals surface area contributed by atoms with E-state index in [4.69, 9.17) is 5.73 Å². The summed E-state index contributed by atoms with van der Waals surface area (Å²) in [7, 11) is 0. The summed E-state index contributed by atoms with van der Waals surface area (Å²) in [5.41, 5.74) is 7.68. The molecule has 1 fully saturated rings. The number of hydrogen-bond donors (Lipinski definition) is 1. The van der Waals surface area contributed by atoms with Crippen LogP contribution in [-0.2, 0) is 6.42 Å². The van der Waals surface area contributed by atoms with E-state index in [1.807, 2.05) is 16.8 Å². The quantitative estimate of drug-likeness (QED) is 0.811. The van der Waals surface area contributed by atoms with Gasteiger partial charge < -0.3 is 5.73 Å². The van der Waals surface area contributed by atoms with Crippen molar-refractivity contribution in [2.75, 3.05) is 6.54 Å². The molecule has 2 aromatic heterocycles. The van der Waals surface area contributed by atoms with Crippen molar-refractivity contribution in [1.82, 2.24) is 14.6 Å². The zero-order valence-electron chi connectivity index (χ0n) is 8.56. The molecule has 0 radical (unpaired) electrons. The lowest BCUT2D eigenvalue weighted by atomic mass is 10.2. The Morgan fingerprint density at radius 1 is 1.40 bits per heavy atom. The first-order valence-corrected chi connectivity index (χ1v) is 5.42. The van der Waals surface area contributed by atoms with Crippen molar-refractivity contribution in [2.24, 2.45) is 5.73 Å². The molecule has 1 saturated carbocycles. The third-order valence-electron chi connectivity index (χ3n) is 2.78. The highest BCUT2D eigenvalue weighted by Gasteiger charge is 2.27. The van der Waals surface area contributed by atoms with E-state index in [2.05, 4.69) is 16.1 Å². The molecule has 0 saturated heterocycles. The first-order valence-electron chi connectivity index (χ1n) is 5.42. The molecule has 0 atom stereocenters. The van der Waals surface area contributed by atoms with Gasteiger partial charge in [0.25, 0.3) is 0 Å². The van der Waals surface area contributed by atoms with E-state index in [1.54, 1.807) is 0 Å². The summed E-state index contributed by atoms with van der Waals surface area (Å²) in [6.07, 6.45) is 5.41. The SMILES string of the molecule is NCCc1ccc2nc(C3CC3)nn2c1. The standard InChI is InChI=1S/C11H14N4/c12-6-5-8-1-4-10-13-11(9-2-3-9)14-15(10)7-8/h1,4,7,9H,2-3,5-6,12H2. The molecule has 4 heteroatoms. The number of fused-ring (bicyclic) bond motifs is 1. The van der Waals surface area contributed by atoms with Gasteiger partial charge >= 0.3 is 0 Å². The summed E-state index contributed by atoms with van der Waals surface area (Å²) >= 11 is 0. The topological polar surface area (TPSA) is 56.2 Å². The van der Waals surface area contributed by atoms with E-state index in [9.17, 15) is 0 Å². The Labute approximate surface area is 88.1 Å². The average Bonchev–Trinajstić information content (AvgIpc) is 2.99. The molecule has 0 amide bonds. The molecule has 0 aromatic carbocycles. The van der Waals surface area contributed by atoms with Gasteiger partial charge in [0.2, 0.25) is 0 Å². The maximum Gasteiger partial charge on any atom is 0.155 e. The van der Waals surface area contributed by atoms with Gasteiger partial charge in [-0.05, 0) is 37.4 Å². The van der Waals surface area contributed by atoms with Crippen LogP contribution < -0.4 is 5.73 Å². The lowest BCUT2D eigenvalue weighted by Gasteiger charge is -1.97. The van der Waals surface area contributed by atoms with Crippen molar-refractivity contribution in [3.05, 3.63) is 29.7 Å². The molecule has 0 unspecified atom stereocenters. The number of nitrogens with two attached hydrogens (primary N) is 1. The lowest BCUT2D eigenvalue weighted by molar-refractivity contribution is 0.861. The number of aromatic nitrogens is 3. The third-order valence-corrected chi connectivity index (χ3v) is 2.78. The number of nitrogens with zero attached hydrogens (tertiary/aromatic N) is 3. The molecule has 2 heterocycles. The molecular weight excluding hydrogens is 188 g/mol. The molecule has 15 heavy (non-hydrogen) atoms. The van der Waals surface area contributed by atoms with E-state index in [1.165, 1.54) is 18.4 Å². The summed E-state index contributed by atoms with van der Waals surface area (Å²) in [5, 5.41) is 4.48. The van der Waals surface area contributed by atoms with Crippen molar-refractivity contribution in [3.8, 4) is 0 Å². The van der Waals surface area contributed by atoms with Gasteiger partial charge in [-0.3, -0.25) is 0 Å². The van der Waals surface area contributed by atoms with E-state index in [-0.39, 0.29) is 0 Å². The van der Waals surface area contributed by atoms with Gasteiger partial charge in [-0.25, -0.2) is 9.50 Å². The highest BCUT2D eigenvalue weighted by molar-refractivity contribution is 5.39. The highest BCUT2D eigenvalue weighted by atomic mass is 15.3. The van der Waals surface area contributed by atoms with E-state index < -0.39 is 0 Å². The van der Waals surface area contributed by atoms with E-state index in [0.717, 1.165) is 17.9 Å². The van der Waals surface area contributed by atoms with Crippen LogP contribution in [-0.4, -0.2) is 21.1 Å². The minimum absolute atomic E-state index is 0.614. The molecule has 4 nitrogen and oxygen atoms in total. The Morgan fingerprint density at radius 2 is 2.27 bits per heavy atom. The molecule has 0 aliphatic heterocycles. The van der Waals surface area contributed by atoms with Crippen LogP contribution in [0.15, 0.2) is 18.3 Å². The predicted molar refractivity (Wildman–Crippen MR) is 57.7 cm³/mol. The van der Waals surface area contributed by atoms with Gasteiger partial charge in [0.1, 0.15) is 0 Å². The fraction of sp³-hybridized carbons (Fsp3) is 0.455. The van der Waals surface area contributed by atoms with Crippen molar-refractivity contribution in [2.45, 2.75) is 25.2 Å². The van der Waals surface area contributed by atoms with Crippen LogP contribution in [0, 0.1) is 0 Å². The average molecular weight is 202 g/mol. The largest absolute Gasteiger partial charge is 0.330 e. The van der Waals surface area contributed by atoms with E-state index >= 15 is 0 Å². The van der Waals surface area contributed by atoms with Gasteiger partial charge in [0.05, 0.1) is 0 Å². The molecule has 2 aromatic rings. The van der Waals surface area contributed by atoms with Crippen LogP contribution in [0.2, 0.25) is 0 Å². The summed E-state index contributed by atoms with van der Waals surface area (Å²) in [6, 6.07) is 4.09. The zero-order valence-corrected chi connectivity index (χ0v) is 8.56. The molecule has 1 aliphatic rings. The fourth-order valence-corrected chi connectivity index (χ4v) is 1.77. The minimum atomic E-state index is 0.614. The molecule has 0 bridgehead atoms. The predicted octanol–water partition coefficient (Wildman–Crippen LogP) is 1.11. The lowest BCUT2D eigenvalue weighted by Crippen LogP contribution is -2.03. The van der Waals surface area contributed by atoms with Crippen LogP contribution in [0.25, 0.3) is 5.65 Å². The second-order valence-electron chi connectivity index (χ2n) is 4.12. The summed E-state index contributed by atoms with van der Waals surface area (Å²) in [5.74, 6) is 1.61. The Balaban J connectivity index is 2.02. The van der Waals surface area contributed by atoms with Crippen LogP contribution >= 0.6 is 0 Å². The molecule has 78 valence electrons. The van der Waals surface area contributed by atoms with Crippen LogP contribution in [0.3, 0.4) is 0 Å². The highest BCUT2D eigenvalue weighted by Crippen LogP contribution is 2.38.